The number of ether oxygens (including phenoxy) is 1. The number of fused-ring (bicyclic) bond motifs is 3. The molecule has 160 valence electrons. The lowest BCUT2D eigenvalue weighted by Gasteiger charge is -2.28. The van der Waals surface area contributed by atoms with Crippen LogP contribution in [0.2, 0.25) is 0 Å². The Morgan fingerprint density at radius 3 is 2.45 bits per heavy atom. The molecule has 1 fully saturated rings. The summed E-state index contributed by atoms with van der Waals surface area (Å²) < 4.78 is 34.4. The van der Waals surface area contributed by atoms with Crippen molar-refractivity contribution in [2.24, 2.45) is 0 Å². The third-order valence-corrected chi connectivity index (χ3v) is 7.60. The fraction of sp³-hybridized carbons (Fsp3) is 0.318. The van der Waals surface area contributed by atoms with E-state index in [1.54, 1.807) is 13.8 Å². The maximum Gasteiger partial charge on any atom is 0.317 e. The molecule has 4 aromatic rings. The molecule has 1 aliphatic rings. The Morgan fingerprint density at radius 2 is 1.74 bits per heavy atom. The van der Waals surface area contributed by atoms with E-state index < -0.39 is 10.2 Å². The lowest BCUT2D eigenvalue weighted by Crippen LogP contribution is -2.37. The van der Waals surface area contributed by atoms with E-state index in [2.05, 4.69) is 15.2 Å². The fourth-order valence-electron chi connectivity index (χ4n) is 4.41. The number of morpholine rings is 1. The van der Waals surface area contributed by atoms with Crippen molar-refractivity contribution in [3.8, 4) is 0 Å². The minimum Gasteiger partial charge on any atom is -0.604 e. The number of para-hydroxylation sites is 1. The second-order valence-electron chi connectivity index (χ2n) is 7.91. The highest BCUT2D eigenvalue weighted by Gasteiger charge is 2.35. The maximum atomic E-state index is 13.7. The predicted molar refractivity (Wildman–Crippen MR) is 117 cm³/mol. The average Bonchev–Trinajstić information content (AvgIpc) is 3.18. The van der Waals surface area contributed by atoms with Crippen molar-refractivity contribution in [2.75, 3.05) is 31.2 Å². The quantitative estimate of drug-likeness (QED) is 0.455. The largest absolute Gasteiger partial charge is 0.604 e. The van der Waals surface area contributed by atoms with Gasteiger partial charge in [0.1, 0.15) is 16.0 Å². The summed E-state index contributed by atoms with van der Waals surface area (Å²) in [7, 11) is -3.92. The third kappa shape index (κ3) is 3.20. The number of aromatic nitrogens is 4. The summed E-state index contributed by atoms with van der Waals surface area (Å²) >= 11 is 0. The molecule has 0 aliphatic carbocycles. The maximum absolute atomic E-state index is 13.7. The summed E-state index contributed by atoms with van der Waals surface area (Å²) in [6.45, 7) is 8.14. The molecule has 1 unspecified atom stereocenters. The molecular formula is C22H23N5O3S. The van der Waals surface area contributed by atoms with Crippen molar-refractivity contribution >= 4 is 32.6 Å². The first-order valence-corrected chi connectivity index (χ1v) is 11.7. The van der Waals surface area contributed by atoms with Gasteiger partial charge in [-0.3, -0.25) is 0 Å². The van der Waals surface area contributed by atoms with Gasteiger partial charge in [-0.25, -0.2) is 4.98 Å². The number of hydrogen-bond donors (Lipinski definition) is 0. The molecule has 31 heavy (non-hydrogen) atoms. The molecule has 3 heterocycles. The van der Waals surface area contributed by atoms with E-state index in [0.29, 0.717) is 37.4 Å². The van der Waals surface area contributed by atoms with Gasteiger partial charge in [0.15, 0.2) is 4.90 Å². The number of nitrogens with zero attached hydrogens (tertiary/aromatic N) is 5. The molecule has 9 heteroatoms. The molecule has 0 N–H and O–H groups in total. The SMILES string of the molecule is Cc1cc(C)c([S+](=O)([O-])c2nnn3c2nc(N2CCOCC2)c2ccccc23)c(C)c1. The molecule has 1 aliphatic heterocycles. The molecule has 8 nitrogen and oxygen atoms in total. The Bertz CT molecular complexity index is 1340. The summed E-state index contributed by atoms with van der Waals surface area (Å²) in [5.74, 6) is 0.725. The monoisotopic (exact) mass is 437 g/mol. The van der Waals surface area contributed by atoms with Gasteiger partial charge in [-0.2, -0.15) is 4.52 Å². The molecule has 2 aromatic heterocycles. The lowest BCUT2D eigenvalue weighted by molar-refractivity contribution is 0.122. The second kappa shape index (κ2) is 7.37. The van der Waals surface area contributed by atoms with Crippen LogP contribution >= 0.6 is 0 Å². The van der Waals surface area contributed by atoms with E-state index in [-0.39, 0.29) is 15.6 Å². The molecule has 0 radical (unpaired) electrons. The zero-order chi connectivity index (χ0) is 21.8. The van der Waals surface area contributed by atoms with Gasteiger partial charge < -0.3 is 14.2 Å². The molecule has 5 rings (SSSR count). The zero-order valence-electron chi connectivity index (χ0n) is 17.7. The van der Waals surface area contributed by atoms with Crippen molar-refractivity contribution in [3.63, 3.8) is 0 Å². The highest BCUT2D eigenvalue weighted by molar-refractivity contribution is 7.97. The minimum atomic E-state index is -3.92. The van der Waals surface area contributed by atoms with Crippen LogP contribution < -0.4 is 4.90 Å². The Morgan fingerprint density at radius 1 is 1.06 bits per heavy atom. The number of sulfone groups is 1. The average molecular weight is 438 g/mol. The molecule has 0 bridgehead atoms. The van der Waals surface area contributed by atoms with Gasteiger partial charge in [0, 0.05) is 29.6 Å². The van der Waals surface area contributed by atoms with Gasteiger partial charge in [-0.1, -0.05) is 44.3 Å². The van der Waals surface area contributed by atoms with Crippen LogP contribution in [0.4, 0.5) is 5.82 Å². The van der Waals surface area contributed by atoms with Crippen LogP contribution in [0.3, 0.4) is 0 Å². The van der Waals surface area contributed by atoms with Gasteiger partial charge in [0.05, 0.1) is 18.7 Å². The summed E-state index contributed by atoms with van der Waals surface area (Å²) in [6, 6.07) is 11.4. The minimum absolute atomic E-state index is 0.122. The topological polar surface area (TPSA) is 95.7 Å². The molecule has 0 spiro atoms. The number of benzene rings is 2. The van der Waals surface area contributed by atoms with E-state index in [0.717, 1.165) is 22.3 Å². The van der Waals surface area contributed by atoms with Gasteiger partial charge >= 0.3 is 5.03 Å². The summed E-state index contributed by atoms with van der Waals surface area (Å²) in [5.41, 5.74) is 3.39. The van der Waals surface area contributed by atoms with Gasteiger partial charge in [0.25, 0.3) is 0 Å². The highest BCUT2D eigenvalue weighted by Crippen LogP contribution is 2.35. The number of hydrogen-bond acceptors (Lipinski definition) is 7. The van der Waals surface area contributed by atoms with E-state index in [1.165, 1.54) is 4.52 Å². The fourth-order valence-corrected chi connectivity index (χ4v) is 6.08. The zero-order valence-corrected chi connectivity index (χ0v) is 18.5. The molecule has 0 amide bonds. The second-order valence-corrected chi connectivity index (χ2v) is 9.72. The van der Waals surface area contributed by atoms with Crippen LogP contribution in [0.1, 0.15) is 16.7 Å². The Kier molecular flexibility index (Phi) is 4.76. The number of anilines is 1. The lowest BCUT2D eigenvalue weighted by atomic mass is 10.1. The van der Waals surface area contributed by atoms with Crippen molar-refractivity contribution < 1.29 is 13.5 Å². The standard InChI is InChI=1S/C22H23N5O3S/c1-14-12-15(2)19(16(3)13-14)31(28,29)22-21-23-20(26-8-10-30-11-9-26)17-6-4-5-7-18(17)27(21)25-24-22/h4-7,12-13H,8-11H2,1-3H3. The van der Waals surface area contributed by atoms with Crippen LogP contribution in [0.5, 0.6) is 0 Å². The first-order chi connectivity index (χ1) is 14.9. The van der Waals surface area contributed by atoms with E-state index >= 15 is 0 Å². The Labute approximate surface area is 181 Å². The molecule has 1 saturated heterocycles. The van der Waals surface area contributed by atoms with Gasteiger partial charge in [0.2, 0.25) is 5.65 Å². The summed E-state index contributed by atoms with van der Waals surface area (Å²) in [5, 5.41) is 9.06. The molecule has 0 saturated carbocycles. The van der Waals surface area contributed by atoms with Crippen molar-refractivity contribution in [1.82, 2.24) is 19.8 Å². The van der Waals surface area contributed by atoms with Crippen molar-refractivity contribution in [2.45, 2.75) is 30.7 Å². The van der Waals surface area contributed by atoms with Gasteiger partial charge in [-0.05, 0) is 32.9 Å². The first-order valence-electron chi connectivity index (χ1n) is 10.2. The summed E-state index contributed by atoms with van der Waals surface area (Å²) in [6.07, 6.45) is 0. The normalized spacial score (nSPS) is 16.7. The third-order valence-electron chi connectivity index (χ3n) is 5.64. The molecular weight excluding hydrogens is 414 g/mol. The Hall–Kier alpha value is -2.88. The van der Waals surface area contributed by atoms with Gasteiger partial charge in [-0.15, -0.1) is 0 Å². The predicted octanol–water partition coefficient (Wildman–Crippen LogP) is 3.09. The summed E-state index contributed by atoms with van der Waals surface area (Å²) in [4.78, 5) is 7.17. The number of rotatable bonds is 3. The van der Waals surface area contributed by atoms with Crippen LogP contribution in [0, 0.1) is 20.8 Å². The van der Waals surface area contributed by atoms with Crippen LogP contribution in [-0.4, -0.2) is 50.7 Å². The Balaban J connectivity index is 1.78. The van der Waals surface area contributed by atoms with Crippen molar-refractivity contribution in [1.29, 1.82) is 0 Å². The van der Waals surface area contributed by atoms with Crippen molar-refractivity contribution in [3.05, 3.63) is 53.1 Å². The van der Waals surface area contributed by atoms with Crippen LogP contribution in [-0.2, 0) is 19.2 Å². The van der Waals surface area contributed by atoms with E-state index in [9.17, 15) is 8.76 Å². The first kappa shape index (κ1) is 20.0. The van der Waals surface area contributed by atoms with Crippen LogP contribution in [0.15, 0.2) is 46.3 Å². The van der Waals surface area contributed by atoms with E-state index in [4.69, 9.17) is 9.72 Å². The molecule has 2 aromatic carbocycles. The smallest absolute Gasteiger partial charge is 0.317 e. The highest BCUT2D eigenvalue weighted by atomic mass is 32.3. The van der Waals surface area contributed by atoms with E-state index in [1.807, 2.05) is 43.3 Å². The van der Waals surface area contributed by atoms with Crippen LogP contribution in [0.25, 0.3) is 16.6 Å². The molecule has 1 atom stereocenters. The number of aryl methyl sites for hydroxylation is 3.